The summed E-state index contributed by atoms with van der Waals surface area (Å²) < 4.78 is 5.37. The maximum atomic E-state index is 11.3. The van der Waals surface area contributed by atoms with Gasteiger partial charge in [-0.25, -0.2) is 5.84 Å². The van der Waals surface area contributed by atoms with Crippen molar-refractivity contribution in [2.45, 2.75) is 25.9 Å². The number of hydrogen-bond acceptors (Lipinski definition) is 5. The van der Waals surface area contributed by atoms with Gasteiger partial charge in [-0.15, -0.1) is 0 Å². The molecule has 0 radical (unpaired) electrons. The Kier molecular flexibility index (Phi) is 6.24. The van der Waals surface area contributed by atoms with E-state index < -0.39 is 0 Å². The summed E-state index contributed by atoms with van der Waals surface area (Å²) in [6, 6.07) is 2.24. The molecule has 1 unspecified atom stereocenters. The van der Waals surface area contributed by atoms with Crippen molar-refractivity contribution in [3.63, 3.8) is 0 Å². The first kappa shape index (κ1) is 15.1. The first-order chi connectivity index (χ1) is 8.62. The number of thioether (sulfide) groups is 1. The minimum absolute atomic E-state index is 0.330. The normalized spacial score (nSPS) is 12.7. The molecule has 0 fully saturated rings. The van der Waals surface area contributed by atoms with Gasteiger partial charge in [0, 0.05) is 11.8 Å². The van der Waals surface area contributed by atoms with Crippen LogP contribution in [0.25, 0.3) is 0 Å². The molecule has 0 saturated carbocycles. The molecule has 6 heteroatoms. The molecule has 1 aromatic rings. The van der Waals surface area contributed by atoms with Gasteiger partial charge in [0.1, 0.15) is 12.0 Å². The van der Waals surface area contributed by atoms with Gasteiger partial charge < -0.3 is 4.42 Å². The number of nitrogen functional groups attached to an aromatic ring is 1. The highest BCUT2D eigenvalue weighted by Crippen LogP contribution is 2.14. The molecule has 0 aromatic carbocycles. The van der Waals surface area contributed by atoms with Crippen molar-refractivity contribution < 1.29 is 9.21 Å². The summed E-state index contributed by atoms with van der Waals surface area (Å²) in [6.07, 6.45) is 4.63. The van der Waals surface area contributed by atoms with Gasteiger partial charge in [-0.05, 0) is 25.8 Å². The summed E-state index contributed by atoms with van der Waals surface area (Å²) >= 11 is 1.83. The van der Waals surface area contributed by atoms with Crippen molar-refractivity contribution >= 4 is 17.7 Å². The molecule has 1 rings (SSSR count). The van der Waals surface area contributed by atoms with E-state index in [9.17, 15) is 4.79 Å². The maximum absolute atomic E-state index is 11.3. The summed E-state index contributed by atoms with van der Waals surface area (Å²) in [7, 11) is 2.07. The Balaban J connectivity index is 2.61. The van der Waals surface area contributed by atoms with E-state index in [1.807, 2.05) is 11.8 Å². The predicted molar refractivity (Wildman–Crippen MR) is 74.3 cm³/mol. The Morgan fingerprint density at radius 1 is 1.67 bits per heavy atom. The third-order valence-electron chi connectivity index (χ3n) is 2.91. The Hall–Kier alpha value is -0.980. The highest BCUT2D eigenvalue weighted by molar-refractivity contribution is 7.98. The van der Waals surface area contributed by atoms with Crippen LogP contribution in [-0.4, -0.2) is 35.9 Å². The van der Waals surface area contributed by atoms with Gasteiger partial charge in [-0.2, -0.15) is 11.8 Å². The molecule has 102 valence electrons. The molecular formula is C12H21N3O2S. The lowest BCUT2D eigenvalue weighted by Gasteiger charge is -2.25. The third-order valence-corrected chi connectivity index (χ3v) is 3.62. The lowest BCUT2D eigenvalue weighted by Crippen LogP contribution is -2.32. The average Bonchev–Trinajstić information content (AvgIpc) is 2.83. The summed E-state index contributed by atoms with van der Waals surface area (Å²) in [5.74, 6) is 6.60. The van der Waals surface area contributed by atoms with Crippen molar-refractivity contribution in [1.29, 1.82) is 0 Å². The molecule has 1 amide bonds. The van der Waals surface area contributed by atoms with Gasteiger partial charge in [0.25, 0.3) is 5.91 Å². The summed E-state index contributed by atoms with van der Waals surface area (Å²) in [5, 5.41) is 0. The zero-order valence-corrected chi connectivity index (χ0v) is 11.9. The number of nitrogens with one attached hydrogen (secondary N) is 1. The van der Waals surface area contributed by atoms with Crippen LogP contribution in [0.1, 0.15) is 29.5 Å². The Morgan fingerprint density at radius 2 is 2.39 bits per heavy atom. The molecule has 1 aromatic heterocycles. The molecule has 0 aliphatic carbocycles. The van der Waals surface area contributed by atoms with Crippen molar-refractivity contribution in [2.75, 3.05) is 19.1 Å². The maximum Gasteiger partial charge on any atom is 0.268 e. The SMILES string of the molecule is CCC(CSC)N(C)Cc1cc(C(=O)NN)co1. The van der Waals surface area contributed by atoms with Gasteiger partial charge in [0.05, 0.1) is 12.1 Å². The van der Waals surface area contributed by atoms with Crippen molar-refractivity contribution in [1.82, 2.24) is 10.3 Å². The van der Waals surface area contributed by atoms with Crippen LogP contribution in [0.4, 0.5) is 0 Å². The molecule has 0 spiro atoms. The number of carbonyl (C=O) groups excluding carboxylic acids is 1. The molecule has 1 atom stereocenters. The number of amides is 1. The smallest absolute Gasteiger partial charge is 0.268 e. The second-order valence-corrected chi connectivity index (χ2v) is 5.12. The second-order valence-electron chi connectivity index (χ2n) is 4.21. The van der Waals surface area contributed by atoms with Gasteiger partial charge in [-0.1, -0.05) is 6.92 Å². The van der Waals surface area contributed by atoms with Gasteiger partial charge in [-0.3, -0.25) is 15.1 Å². The third kappa shape index (κ3) is 4.04. The van der Waals surface area contributed by atoms with Gasteiger partial charge in [0.15, 0.2) is 0 Å². The van der Waals surface area contributed by atoms with Crippen LogP contribution in [0.2, 0.25) is 0 Å². The summed E-state index contributed by atoms with van der Waals surface area (Å²) in [4.78, 5) is 13.5. The number of furan rings is 1. The van der Waals surface area contributed by atoms with Crippen LogP contribution in [-0.2, 0) is 6.54 Å². The van der Waals surface area contributed by atoms with Gasteiger partial charge >= 0.3 is 0 Å². The Morgan fingerprint density at radius 3 is 2.94 bits per heavy atom. The monoisotopic (exact) mass is 271 g/mol. The van der Waals surface area contributed by atoms with E-state index in [2.05, 4.69) is 30.6 Å². The van der Waals surface area contributed by atoms with E-state index in [1.165, 1.54) is 6.26 Å². The quantitative estimate of drug-likeness (QED) is 0.446. The minimum Gasteiger partial charge on any atom is -0.467 e. The van der Waals surface area contributed by atoms with E-state index in [1.54, 1.807) is 6.07 Å². The fraction of sp³-hybridized carbons (Fsp3) is 0.583. The number of rotatable bonds is 7. The fourth-order valence-corrected chi connectivity index (χ4v) is 2.66. The highest BCUT2D eigenvalue weighted by atomic mass is 32.2. The number of hydrogen-bond donors (Lipinski definition) is 2. The average molecular weight is 271 g/mol. The lowest BCUT2D eigenvalue weighted by molar-refractivity contribution is 0.0953. The van der Waals surface area contributed by atoms with Crippen molar-refractivity contribution in [2.24, 2.45) is 5.84 Å². The van der Waals surface area contributed by atoms with Crippen LogP contribution in [0.15, 0.2) is 16.7 Å². The molecule has 0 bridgehead atoms. The lowest BCUT2D eigenvalue weighted by atomic mass is 10.2. The van der Waals surface area contributed by atoms with Crippen LogP contribution >= 0.6 is 11.8 Å². The molecule has 0 aliphatic heterocycles. The summed E-state index contributed by atoms with van der Waals surface area (Å²) in [6.45, 7) is 2.86. The molecule has 5 nitrogen and oxygen atoms in total. The Labute approximate surface area is 112 Å². The molecule has 0 aliphatic rings. The molecular weight excluding hydrogens is 250 g/mol. The first-order valence-electron chi connectivity index (χ1n) is 5.89. The van der Waals surface area contributed by atoms with Crippen molar-refractivity contribution in [3.05, 3.63) is 23.7 Å². The number of carbonyl (C=O) groups is 1. The number of hydrazine groups is 1. The zero-order chi connectivity index (χ0) is 13.5. The topological polar surface area (TPSA) is 71.5 Å². The largest absolute Gasteiger partial charge is 0.467 e. The van der Waals surface area contributed by atoms with Crippen LogP contribution in [0.3, 0.4) is 0 Å². The van der Waals surface area contributed by atoms with Gasteiger partial charge in [0.2, 0.25) is 0 Å². The van der Waals surface area contributed by atoms with E-state index in [0.717, 1.165) is 17.9 Å². The summed E-state index contributed by atoms with van der Waals surface area (Å²) in [5.41, 5.74) is 2.54. The van der Waals surface area contributed by atoms with E-state index in [4.69, 9.17) is 10.3 Å². The van der Waals surface area contributed by atoms with Crippen LogP contribution in [0, 0.1) is 0 Å². The van der Waals surface area contributed by atoms with E-state index in [-0.39, 0.29) is 5.91 Å². The second kappa shape index (κ2) is 7.45. The number of nitrogens with zero attached hydrogens (tertiary/aromatic N) is 1. The zero-order valence-electron chi connectivity index (χ0n) is 11.1. The van der Waals surface area contributed by atoms with E-state index in [0.29, 0.717) is 18.2 Å². The van der Waals surface area contributed by atoms with Crippen LogP contribution < -0.4 is 11.3 Å². The molecule has 3 N–H and O–H groups in total. The van der Waals surface area contributed by atoms with Crippen molar-refractivity contribution in [3.8, 4) is 0 Å². The highest BCUT2D eigenvalue weighted by Gasteiger charge is 2.15. The van der Waals surface area contributed by atoms with Crippen LogP contribution in [0.5, 0.6) is 0 Å². The standard InChI is InChI=1S/C12H21N3O2S/c1-4-10(8-18-3)15(2)6-11-5-9(7-17-11)12(16)14-13/h5,7,10H,4,6,8,13H2,1-3H3,(H,14,16). The fourth-order valence-electron chi connectivity index (χ4n) is 1.79. The minimum atomic E-state index is -0.330. The predicted octanol–water partition coefficient (Wildman–Crippen LogP) is 1.46. The molecule has 18 heavy (non-hydrogen) atoms. The number of nitrogens with two attached hydrogens (primary N) is 1. The molecule has 1 heterocycles. The Bertz CT molecular complexity index is 381. The first-order valence-corrected chi connectivity index (χ1v) is 7.29. The molecule has 0 saturated heterocycles. The van der Waals surface area contributed by atoms with E-state index >= 15 is 0 Å².